The summed E-state index contributed by atoms with van der Waals surface area (Å²) in [6, 6.07) is 21.4. The van der Waals surface area contributed by atoms with E-state index in [1.54, 1.807) is 28.9 Å². The zero-order chi connectivity index (χ0) is 25.3. The molecule has 0 bridgehead atoms. The molecule has 0 aliphatic heterocycles. The van der Waals surface area contributed by atoms with Crippen molar-refractivity contribution in [1.29, 1.82) is 0 Å². The van der Waals surface area contributed by atoms with Crippen molar-refractivity contribution >= 4 is 11.6 Å². The van der Waals surface area contributed by atoms with E-state index in [0.717, 1.165) is 6.42 Å². The van der Waals surface area contributed by atoms with Crippen LogP contribution in [0, 0.1) is 5.82 Å². The van der Waals surface area contributed by atoms with Crippen LogP contribution in [0.2, 0.25) is 0 Å². The van der Waals surface area contributed by atoms with E-state index in [9.17, 15) is 9.18 Å². The van der Waals surface area contributed by atoms with Gasteiger partial charge in [0.15, 0.2) is 5.82 Å². The number of hydrogen-bond acceptors (Lipinski definition) is 4. The summed E-state index contributed by atoms with van der Waals surface area (Å²) in [6.07, 6.45) is 5.93. The van der Waals surface area contributed by atoms with E-state index in [2.05, 4.69) is 22.3 Å². The Balaban J connectivity index is 1.46. The molecular weight excluding hydrogens is 455 g/mol. The summed E-state index contributed by atoms with van der Waals surface area (Å²) < 4.78 is 20.9. The summed E-state index contributed by atoms with van der Waals surface area (Å²) in [6.45, 7) is 4.47. The van der Waals surface area contributed by atoms with Crippen molar-refractivity contribution in [3.63, 3.8) is 0 Å². The Morgan fingerprint density at radius 1 is 0.972 bits per heavy atom. The summed E-state index contributed by atoms with van der Waals surface area (Å²) in [5, 5.41) is 7.36. The van der Waals surface area contributed by atoms with Gasteiger partial charge in [0, 0.05) is 16.8 Å². The van der Waals surface area contributed by atoms with Crippen molar-refractivity contribution in [1.82, 2.24) is 14.8 Å². The molecule has 4 rings (SSSR count). The van der Waals surface area contributed by atoms with Crippen LogP contribution in [0.5, 0.6) is 6.01 Å². The highest BCUT2D eigenvalue weighted by Gasteiger charge is 2.15. The van der Waals surface area contributed by atoms with Gasteiger partial charge in [-0.3, -0.25) is 4.79 Å². The fourth-order valence-corrected chi connectivity index (χ4v) is 3.95. The first kappa shape index (κ1) is 25.1. The van der Waals surface area contributed by atoms with Crippen LogP contribution >= 0.6 is 0 Å². The lowest BCUT2D eigenvalue weighted by Gasteiger charge is -2.09. The van der Waals surface area contributed by atoms with E-state index in [-0.39, 0.29) is 17.7 Å². The van der Waals surface area contributed by atoms with Crippen molar-refractivity contribution < 1.29 is 13.9 Å². The molecule has 36 heavy (non-hydrogen) atoms. The van der Waals surface area contributed by atoms with E-state index in [0.29, 0.717) is 34.9 Å². The maximum absolute atomic E-state index is 13.8. The van der Waals surface area contributed by atoms with E-state index >= 15 is 0 Å². The second-order valence-corrected chi connectivity index (χ2v) is 8.58. The summed E-state index contributed by atoms with van der Waals surface area (Å²) in [5.41, 5.74) is 3.81. The van der Waals surface area contributed by atoms with Crippen LogP contribution in [0.4, 0.5) is 10.1 Å². The maximum Gasteiger partial charge on any atom is 0.336 e. The molecule has 1 heterocycles. The minimum atomic E-state index is -0.359. The van der Waals surface area contributed by atoms with Crippen LogP contribution < -0.4 is 10.1 Å². The maximum atomic E-state index is 13.8. The fraction of sp³-hybridized carbons (Fsp3) is 0.276. The number of benzene rings is 3. The molecule has 0 fully saturated rings. The van der Waals surface area contributed by atoms with Crippen molar-refractivity contribution in [3.05, 3.63) is 89.7 Å². The number of nitrogens with one attached hydrogen (secondary N) is 1. The standard InChI is InChI=1S/C29H31FN4O2/c1-3-5-6-7-9-21-12-14-22(15-13-21)28(35)31-25-16-18-26(19-17-25)34-27(32-29(33-34)36-4-2)23-10-8-11-24(30)20-23/h8,10-20H,3-7,9H2,1-2H3,(H,31,35). The third-order valence-corrected chi connectivity index (χ3v) is 5.85. The Morgan fingerprint density at radius 2 is 1.75 bits per heavy atom. The lowest BCUT2D eigenvalue weighted by atomic mass is 10.0. The molecule has 0 saturated heterocycles. The fourth-order valence-electron chi connectivity index (χ4n) is 3.95. The Kier molecular flexibility index (Phi) is 8.44. The van der Waals surface area contributed by atoms with Crippen LogP contribution in [0.1, 0.15) is 55.5 Å². The summed E-state index contributed by atoms with van der Waals surface area (Å²) >= 11 is 0. The second kappa shape index (κ2) is 12.1. The minimum absolute atomic E-state index is 0.167. The third kappa shape index (κ3) is 6.36. The molecule has 0 atom stereocenters. The molecule has 1 amide bonds. The lowest BCUT2D eigenvalue weighted by Crippen LogP contribution is -2.12. The van der Waals surface area contributed by atoms with Crippen molar-refractivity contribution in [2.75, 3.05) is 11.9 Å². The van der Waals surface area contributed by atoms with Gasteiger partial charge < -0.3 is 10.1 Å². The molecule has 0 saturated carbocycles. The molecule has 0 spiro atoms. The molecule has 1 aromatic heterocycles. The zero-order valence-corrected chi connectivity index (χ0v) is 20.7. The van der Waals surface area contributed by atoms with Crippen molar-refractivity contribution in [3.8, 4) is 23.1 Å². The smallest absolute Gasteiger partial charge is 0.336 e. The van der Waals surface area contributed by atoms with Crippen LogP contribution in [-0.4, -0.2) is 27.3 Å². The van der Waals surface area contributed by atoms with Crippen molar-refractivity contribution in [2.24, 2.45) is 0 Å². The Morgan fingerprint density at radius 3 is 2.44 bits per heavy atom. The summed E-state index contributed by atoms with van der Waals surface area (Å²) in [4.78, 5) is 17.2. The van der Waals surface area contributed by atoms with Crippen molar-refractivity contribution in [2.45, 2.75) is 46.0 Å². The molecule has 0 aliphatic carbocycles. The van der Waals surface area contributed by atoms with Crippen LogP contribution in [0.25, 0.3) is 17.1 Å². The molecule has 0 aliphatic rings. The molecule has 0 unspecified atom stereocenters. The predicted octanol–water partition coefficient (Wildman–Crippen LogP) is 6.85. The second-order valence-electron chi connectivity index (χ2n) is 8.58. The number of carbonyl (C=O) groups is 1. The van der Waals surface area contributed by atoms with Gasteiger partial charge >= 0.3 is 6.01 Å². The number of anilines is 1. The minimum Gasteiger partial charge on any atom is -0.463 e. The molecule has 3 aromatic carbocycles. The van der Waals surface area contributed by atoms with Gasteiger partial charge in [-0.15, -0.1) is 5.10 Å². The highest BCUT2D eigenvalue weighted by Crippen LogP contribution is 2.25. The van der Waals surface area contributed by atoms with Gasteiger partial charge in [-0.25, -0.2) is 9.07 Å². The zero-order valence-electron chi connectivity index (χ0n) is 20.7. The molecule has 7 heteroatoms. The van der Waals surface area contributed by atoms with E-state index in [1.165, 1.54) is 43.4 Å². The summed E-state index contributed by atoms with van der Waals surface area (Å²) in [5.74, 6) is -0.0627. The first-order chi connectivity index (χ1) is 17.6. The number of carbonyl (C=O) groups excluding carboxylic acids is 1. The number of aromatic nitrogens is 3. The molecule has 4 aromatic rings. The van der Waals surface area contributed by atoms with Gasteiger partial charge in [-0.1, -0.05) is 50.5 Å². The van der Waals surface area contributed by atoms with Gasteiger partial charge in [0.05, 0.1) is 12.3 Å². The molecule has 0 radical (unpaired) electrons. The van der Waals surface area contributed by atoms with Crippen LogP contribution in [0.15, 0.2) is 72.8 Å². The average Bonchev–Trinajstić information content (AvgIpc) is 3.32. The van der Waals surface area contributed by atoms with Gasteiger partial charge in [0.1, 0.15) is 5.82 Å². The topological polar surface area (TPSA) is 69.0 Å². The molecule has 1 N–H and O–H groups in total. The number of amides is 1. The molecule has 6 nitrogen and oxygen atoms in total. The number of hydrogen-bond donors (Lipinski definition) is 1. The Bertz CT molecular complexity index is 1280. The van der Waals surface area contributed by atoms with Gasteiger partial charge in [0.25, 0.3) is 5.91 Å². The average molecular weight is 487 g/mol. The molecular formula is C29H31FN4O2. The van der Waals surface area contributed by atoms with Gasteiger partial charge in [0.2, 0.25) is 0 Å². The Hall–Kier alpha value is -4.00. The number of halogens is 1. The third-order valence-electron chi connectivity index (χ3n) is 5.85. The monoisotopic (exact) mass is 486 g/mol. The normalized spacial score (nSPS) is 10.9. The number of aryl methyl sites for hydroxylation is 1. The van der Waals surface area contributed by atoms with Gasteiger partial charge in [-0.05, 0) is 73.9 Å². The van der Waals surface area contributed by atoms with E-state index in [4.69, 9.17) is 4.74 Å². The highest BCUT2D eigenvalue weighted by atomic mass is 19.1. The van der Waals surface area contributed by atoms with Crippen LogP contribution in [-0.2, 0) is 6.42 Å². The van der Waals surface area contributed by atoms with Gasteiger partial charge in [-0.2, -0.15) is 4.98 Å². The Labute approximate surface area is 211 Å². The highest BCUT2D eigenvalue weighted by molar-refractivity contribution is 6.04. The largest absolute Gasteiger partial charge is 0.463 e. The first-order valence-electron chi connectivity index (χ1n) is 12.4. The number of rotatable bonds is 11. The number of nitrogens with zero attached hydrogens (tertiary/aromatic N) is 3. The van der Waals surface area contributed by atoms with E-state index < -0.39 is 0 Å². The van der Waals surface area contributed by atoms with Crippen LogP contribution in [0.3, 0.4) is 0 Å². The van der Waals surface area contributed by atoms with E-state index in [1.807, 2.05) is 43.3 Å². The number of unbranched alkanes of at least 4 members (excludes halogenated alkanes) is 3. The predicted molar refractivity (Wildman–Crippen MR) is 140 cm³/mol. The summed E-state index contributed by atoms with van der Waals surface area (Å²) in [7, 11) is 0. The quantitative estimate of drug-likeness (QED) is 0.236. The lowest BCUT2D eigenvalue weighted by molar-refractivity contribution is 0.102. The SMILES string of the molecule is CCCCCCc1ccc(C(=O)Nc2ccc(-n3nc(OCC)nc3-c3cccc(F)c3)cc2)cc1. The molecule has 186 valence electrons. The first-order valence-corrected chi connectivity index (χ1v) is 12.4. The number of ether oxygens (including phenoxy) is 1.